The lowest BCUT2D eigenvalue weighted by atomic mass is 10.2. The quantitative estimate of drug-likeness (QED) is 0.670. The van der Waals surface area contributed by atoms with Gasteiger partial charge in [0.15, 0.2) is 0 Å². The Balaban J connectivity index is 0.00000169. The molecule has 78 valence electrons. The summed E-state index contributed by atoms with van der Waals surface area (Å²) in [6.07, 6.45) is 0.834. The average Bonchev–Trinajstić information content (AvgIpc) is 2.15. The summed E-state index contributed by atoms with van der Waals surface area (Å²) < 4.78 is 4.94. The molecule has 0 bridgehead atoms. The highest BCUT2D eigenvalue weighted by atomic mass is 79.9. The van der Waals surface area contributed by atoms with Crippen LogP contribution >= 0.6 is 17.0 Å². The van der Waals surface area contributed by atoms with Gasteiger partial charge in [-0.3, -0.25) is 0 Å². The third-order valence-corrected chi connectivity index (χ3v) is 1.58. The van der Waals surface area contributed by atoms with Crippen LogP contribution in [0.5, 0.6) is 0 Å². The molecule has 0 heterocycles. The molecule has 0 aliphatic carbocycles. The molecule has 1 aromatic carbocycles. The maximum Gasteiger partial charge on any atom is 0.338 e. The molecular weight excluding hydrogens is 246 g/mol. The van der Waals surface area contributed by atoms with Crippen LogP contribution in [0.3, 0.4) is 0 Å². The fourth-order valence-electron chi connectivity index (χ4n) is 0.897. The van der Waals surface area contributed by atoms with Gasteiger partial charge in [0.1, 0.15) is 0 Å². The number of halogens is 1. The van der Waals surface area contributed by atoms with Crippen molar-refractivity contribution in [1.29, 1.82) is 0 Å². The van der Waals surface area contributed by atoms with Crippen molar-refractivity contribution in [1.82, 2.24) is 0 Å². The largest absolute Gasteiger partial charge is 0.462 e. The lowest BCUT2D eigenvalue weighted by Gasteiger charge is -2.02. The first-order valence-corrected chi connectivity index (χ1v) is 4.26. The normalized spacial score (nSPS) is 8.93. The van der Waals surface area contributed by atoms with Gasteiger partial charge in [-0.05, 0) is 30.7 Å². The Labute approximate surface area is 94.0 Å². The highest BCUT2D eigenvalue weighted by Gasteiger charge is 2.04. The summed E-state index contributed by atoms with van der Waals surface area (Å²) in [6.45, 7) is 2.42. The van der Waals surface area contributed by atoms with Crippen LogP contribution in [0.2, 0.25) is 0 Å². The monoisotopic (exact) mass is 259 g/mol. The Kier molecular flexibility index (Phi) is 5.95. The van der Waals surface area contributed by atoms with E-state index in [1.807, 2.05) is 6.92 Å². The molecule has 1 aromatic rings. The number of anilines is 1. The summed E-state index contributed by atoms with van der Waals surface area (Å²) >= 11 is 0. The Bertz CT molecular complexity index is 285. The van der Waals surface area contributed by atoms with Gasteiger partial charge in [0.25, 0.3) is 0 Å². The van der Waals surface area contributed by atoms with Crippen LogP contribution in [-0.2, 0) is 4.74 Å². The zero-order valence-corrected chi connectivity index (χ0v) is 9.74. The van der Waals surface area contributed by atoms with Crippen molar-refractivity contribution in [3.05, 3.63) is 29.8 Å². The van der Waals surface area contributed by atoms with E-state index in [-0.39, 0.29) is 23.0 Å². The van der Waals surface area contributed by atoms with E-state index in [9.17, 15) is 4.79 Å². The molecule has 0 saturated heterocycles. The summed E-state index contributed by atoms with van der Waals surface area (Å²) in [5, 5.41) is 0. The second-order valence-corrected chi connectivity index (χ2v) is 2.76. The van der Waals surface area contributed by atoms with Gasteiger partial charge < -0.3 is 10.5 Å². The first-order chi connectivity index (χ1) is 6.24. The number of hydrogen-bond acceptors (Lipinski definition) is 3. The van der Waals surface area contributed by atoms with Gasteiger partial charge >= 0.3 is 5.97 Å². The van der Waals surface area contributed by atoms with Gasteiger partial charge in [0.2, 0.25) is 0 Å². The zero-order valence-electron chi connectivity index (χ0n) is 8.03. The molecule has 0 saturated carbocycles. The van der Waals surface area contributed by atoms with Crippen molar-refractivity contribution in [3.8, 4) is 0 Å². The van der Waals surface area contributed by atoms with Crippen LogP contribution in [0.1, 0.15) is 23.7 Å². The molecule has 0 spiro atoms. The van der Waals surface area contributed by atoms with Crippen LogP contribution in [0.25, 0.3) is 0 Å². The molecule has 0 unspecified atom stereocenters. The molecule has 1 rings (SSSR count). The number of nitrogen functional groups attached to an aromatic ring is 1. The van der Waals surface area contributed by atoms with Crippen molar-refractivity contribution >= 4 is 28.6 Å². The van der Waals surface area contributed by atoms with Crippen molar-refractivity contribution in [2.75, 3.05) is 12.3 Å². The number of carbonyl (C=O) groups is 1. The molecular formula is C10H14BrNO2. The second-order valence-electron chi connectivity index (χ2n) is 2.76. The maximum atomic E-state index is 11.3. The van der Waals surface area contributed by atoms with Gasteiger partial charge in [0.05, 0.1) is 12.2 Å². The summed E-state index contributed by atoms with van der Waals surface area (Å²) in [5.74, 6) is -0.290. The molecule has 2 N–H and O–H groups in total. The molecule has 0 fully saturated rings. The molecule has 0 radical (unpaired) electrons. The zero-order chi connectivity index (χ0) is 9.68. The molecule has 3 nitrogen and oxygen atoms in total. The molecule has 14 heavy (non-hydrogen) atoms. The first kappa shape index (κ1) is 13.0. The Morgan fingerprint density at radius 3 is 2.43 bits per heavy atom. The van der Waals surface area contributed by atoms with E-state index in [1.165, 1.54) is 0 Å². The minimum Gasteiger partial charge on any atom is -0.462 e. The minimum absolute atomic E-state index is 0. The average molecular weight is 260 g/mol. The molecule has 0 amide bonds. The molecule has 0 atom stereocenters. The number of benzene rings is 1. The molecule has 0 aromatic heterocycles. The summed E-state index contributed by atoms with van der Waals surface area (Å²) in [4.78, 5) is 11.3. The number of hydrogen-bond donors (Lipinski definition) is 1. The lowest BCUT2D eigenvalue weighted by Crippen LogP contribution is -2.05. The highest BCUT2D eigenvalue weighted by molar-refractivity contribution is 8.93. The minimum atomic E-state index is -0.290. The molecule has 0 aliphatic heterocycles. The van der Waals surface area contributed by atoms with Gasteiger partial charge in [-0.25, -0.2) is 4.79 Å². The van der Waals surface area contributed by atoms with E-state index < -0.39 is 0 Å². The highest BCUT2D eigenvalue weighted by Crippen LogP contribution is 2.06. The van der Waals surface area contributed by atoms with Crippen molar-refractivity contribution in [3.63, 3.8) is 0 Å². The first-order valence-electron chi connectivity index (χ1n) is 4.26. The summed E-state index contributed by atoms with van der Waals surface area (Å²) in [7, 11) is 0. The second kappa shape index (κ2) is 6.43. The van der Waals surface area contributed by atoms with E-state index in [2.05, 4.69) is 0 Å². The predicted octanol–water partition coefficient (Wildman–Crippen LogP) is 2.41. The Hall–Kier alpha value is -1.03. The SMILES string of the molecule is Br.CCCOC(=O)c1ccc(N)cc1. The number of nitrogens with two attached hydrogens (primary N) is 1. The van der Waals surface area contributed by atoms with E-state index >= 15 is 0 Å². The van der Waals surface area contributed by atoms with Crippen molar-refractivity contribution in [2.45, 2.75) is 13.3 Å². The van der Waals surface area contributed by atoms with E-state index in [0.29, 0.717) is 17.9 Å². The van der Waals surface area contributed by atoms with Crippen LogP contribution in [-0.4, -0.2) is 12.6 Å². The van der Waals surface area contributed by atoms with Gasteiger partial charge in [-0.1, -0.05) is 6.92 Å². The number of ether oxygens (including phenoxy) is 1. The third-order valence-electron chi connectivity index (χ3n) is 1.58. The molecule has 4 heteroatoms. The smallest absolute Gasteiger partial charge is 0.338 e. The van der Waals surface area contributed by atoms with Crippen molar-refractivity contribution < 1.29 is 9.53 Å². The standard InChI is InChI=1S/C10H13NO2.BrH/c1-2-7-13-10(12)8-3-5-9(11)6-4-8;/h3-6H,2,7,11H2,1H3;1H. The van der Waals surface area contributed by atoms with Gasteiger partial charge in [-0.15, -0.1) is 17.0 Å². The van der Waals surface area contributed by atoms with Crippen LogP contribution in [0, 0.1) is 0 Å². The summed E-state index contributed by atoms with van der Waals surface area (Å²) in [6, 6.07) is 6.69. The third kappa shape index (κ3) is 3.79. The Morgan fingerprint density at radius 2 is 1.93 bits per heavy atom. The van der Waals surface area contributed by atoms with Crippen LogP contribution in [0.4, 0.5) is 5.69 Å². The number of rotatable bonds is 3. The van der Waals surface area contributed by atoms with Gasteiger partial charge in [0, 0.05) is 5.69 Å². The number of esters is 1. The van der Waals surface area contributed by atoms with E-state index in [0.717, 1.165) is 6.42 Å². The predicted molar refractivity (Wildman–Crippen MR) is 61.7 cm³/mol. The fraction of sp³-hybridized carbons (Fsp3) is 0.300. The fourth-order valence-corrected chi connectivity index (χ4v) is 0.897. The van der Waals surface area contributed by atoms with E-state index in [1.54, 1.807) is 24.3 Å². The topological polar surface area (TPSA) is 52.3 Å². The maximum absolute atomic E-state index is 11.3. The Morgan fingerprint density at radius 1 is 1.36 bits per heavy atom. The lowest BCUT2D eigenvalue weighted by molar-refractivity contribution is 0.0505. The molecule has 0 aliphatic rings. The number of carbonyl (C=O) groups excluding carboxylic acids is 1. The van der Waals surface area contributed by atoms with Crippen LogP contribution < -0.4 is 5.73 Å². The summed E-state index contributed by atoms with van der Waals surface area (Å²) in [5.41, 5.74) is 6.66. The van der Waals surface area contributed by atoms with Gasteiger partial charge in [-0.2, -0.15) is 0 Å². The van der Waals surface area contributed by atoms with Crippen LogP contribution in [0.15, 0.2) is 24.3 Å². The van der Waals surface area contributed by atoms with E-state index in [4.69, 9.17) is 10.5 Å². The van der Waals surface area contributed by atoms with Crippen molar-refractivity contribution in [2.24, 2.45) is 0 Å².